The van der Waals surface area contributed by atoms with Crippen LogP contribution in [0.15, 0.2) is 0 Å². The van der Waals surface area contributed by atoms with Crippen LogP contribution in [0.25, 0.3) is 0 Å². The quantitative estimate of drug-likeness (QED) is 0.707. The minimum Gasteiger partial charge on any atom is -0.479 e. The largest absolute Gasteiger partial charge is 0.479 e. The summed E-state index contributed by atoms with van der Waals surface area (Å²) in [5.74, 6) is -4.80. The lowest BCUT2D eigenvalue weighted by Gasteiger charge is -2.14. The Morgan fingerprint density at radius 1 is 1.64 bits per heavy atom. The Labute approximate surface area is 70.1 Å². The molecule has 0 aliphatic rings. The van der Waals surface area contributed by atoms with Gasteiger partial charge in [0.25, 0.3) is 5.92 Å². The van der Waals surface area contributed by atoms with Crippen LogP contribution in [0.5, 0.6) is 0 Å². The summed E-state index contributed by atoms with van der Waals surface area (Å²) in [6.07, 6.45) is -3.06. The van der Waals surface area contributed by atoms with Crippen LogP contribution in [-0.2, 0) is 4.79 Å². The second kappa shape index (κ2) is 3.96. The summed E-state index contributed by atoms with van der Waals surface area (Å²) < 4.78 is 24.6. The van der Waals surface area contributed by atoms with E-state index in [2.05, 4.69) is 15.9 Å². The average molecular weight is 233 g/mol. The predicted molar refractivity (Wildman–Crippen MR) is 37.0 cm³/mol. The molecule has 0 amide bonds. The lowest BCUT2D eigenvalue weighted by molar-refractivity contribution is -0.151. The summed E-state index contributed by atoms with van der Waals surface area (Å²) >= 11 is 2.49. The number of rotatable bonds is 4. The fourth-order valence-corrected chi connectivity index (χ4v) is 0.654. The first-order valence-corrected chi connectivity index (χ1v) is 3.86. The lowest BCUT2D eigenvalue weighted by Crippen LogP contribution is -2.30. The van der Waals surface area contributed by atoms with Crippen LogP contribution in [0.2, 0.25) is 0 Å². The third kappa shape index (κ3) is 4.26. The van der Waals surface area contributed by atoms with Crippen molar-refractivity contribution in [3.8, 4) is 0 Å². The number of carboxylic acid groups (broad SMARTS) is 1. The zero-order valence-electron chi connectivity index (χ0n) is 5.43. The van der Waals surface area contributed by atoms with Crippen LogP contribution in [0, 0.1) is 0 Å². The number of hydrogen-bond donors (Lipinski definition) is 2. The van der Waals surface area contributed by atoms with Crippen molar-refractivity contribution in [2.75, 3.05) is 5.33 Å². The maximum absolute atomic E-state index is 12.3. The lowest BCUT2D eigenvalue weighted by atomic mass is 10.2. The van der Waals surface area contributed by atoms with Crippen LogP contribution in [-0.4, -0.2) is 33.5 Å². The Balaban J connectivity index is 3.93. The van der Waals surface area contributed by atoms with E-state index < -0.39 is 29.7 Å². The molecule has 0 rings (SSSR count). The van der Waals surface area contributed by atoms with Gasteiger partial charge in [0.1, 0.15) is 0 Å². The maximum Gasteiger partial charge on any atom is 0.332 e. The molecule has 0 aliphatic carbocycles. The number of carboxylic acids is 1. The van der Waals surface area contributed by atoms with Gasteiger partial charge in [-0.1, -0.05) is 15.9 Å². The van der Waals surface area contributed by atoms with Gasteiger partial charge in [-0.05, 0) is 0 Å². The molecule has 0 aromatic rings. The van der Waals surface area contributed by atoms with Gasteiger partial charge in [0, 0.05) is 6.42 Å². The molecule has 0 heterocycles. The van der Waals surface area contributed by atoms with E-state index in [1.165, 1.54) is 0 Å². The molecule has 66 valence electrons. The molecule has 6 heteroatoms. The number of alkyl halides is 3. The molecule has 0 aromatic heterocycles. The summed E-state index contributed by atoms with van der Waals surface area (Å²) in [5.41, 5.74) is 0. The molecule has 0 aliphatic heterocycles. The van der Waals surface area contributed by atoms with Crippen molar-refractivity contribution < 1.29 is 23.8 Å². The smallest absolute Gasteiger partial charge is 0.332 e. The number of halogens is 3. The third-order valence-corrected chi connectivity index (χ3v) is 1.79. The van der Waals surface area contributed by atoms with Crippen molar-refractivity contribution in [2.45, 2.75) is 18.4 Å². The molecule has 0 radical (unpaired) electrons. The minimum absolute atomic E-state index is 0.648. The van der Waals surface area contributed by atoms with Gasteiger partial charge in [-0.25, -0.2) is 13.6 Å². The Bertz CT molecular complexity index is 151. The first kappa shape index (κ1) is 10.8. The van der Waals surface area contributed by atoms with Gasteiger partial charge in [-0.15, -0.1) is 0 Å². The van der Waals surface area contributed by atoms with E-state index in [1.807, 2.05) is 0 Å². The first-order chi connectivity index (χ1) is 4.89. The fraction of sp³-hybridized carbons (Fsp3) is 0.800. The highest BCUT2D eigenvalue weighted by Gasteiger charge is 2.33. The number of carbonyl (C=O) groups is 1. The van der Waals surface area contributed by atoms with E-state index in [0.29, 0.717) is 0 Å². The van der Waals surface area contributed by atoms with Crippen LogP contribution in [0.1, 0.15) is 6.42 Å². The summed E-state index contributed by atoms with van der Waals surface area (Å²) in [7, 11) is 0. The Hall–Kier alpha value is -0.230. The molecule has 11 heavy (non-hydrogen) atoms. The highest BCUT2D eigenvalue weighted by atomic mass is 79.9. The summed E-state index contributed by atoms with van der Waals surface area (Å²) in [5, 5.41) is 15.9. The van der Waals surface area contributed by atoms with E-state index in [1.54, 1.807) is 0 Å². The monoisotopic (exact) mass is 232 g/mol. The van der Waals surface area contributed by atoms with Crippen LogP contribution < -0.4 is 0 Å². The van der Waals surface area contributed by atoms with Gasteiger partial charge >= 0.3 is 5.97 Å². The molecule has 0 aromatic carbocycles. The minimum atomic E-state index is -3.17. The molecule has 0 unspecified atom stereocenters. The predicted octanol–water partition coefficient (Wildman–Crippen LogP) is 0.852. The molecule has 1 atom stereocenters. The van der Waals surface area contributed by atoms with E-state index in [-0.39, 0.29) is 0 Å². The SMILES string of the molecule is O=C(O)[C@@H](O)CC(F)(F)CBr. The second-order valence-electron chi connectivity index (χ2n) is 2.05. The molecular formula is C5H7BrF2O3. The van der Waals surface area contributed by atoms with E-state index in [9.17, 15) is 13.6 Å². The van der Waals surface area contributed by atoms with Gasteiger partial charge in [0.05, 0.1) is 5.33 Å². The highest BCUT2D eigenvalue weighted by Crippen LogP contribution is 2.22. The molecule has 0 spiro atoms. The normalized spacial score (nSPS) is 14.5. The number of aliphatic carboxylic acids is 1. The van der Waals surface area contributed by atoms with E-state index >= 15 is 0 Å². The van der Waals surface area contributed by atoms with Crippen molar-refractivity contribution in [1.82, 2.24) is 0 Å². The van der Waals surface area contributed by atoms with Crippen molar-refractivity contribution in [3.63, 3.8) is 0 Å². The third-order valence-electron chi connectivity index (χ3n) is 0.973. The molecule has 3 nitrogen and oxygen atoms in total. The first-order valence-electron chi connectivity index (χ1n) is 2.74. The van der Waals surface area contributed by atoms with E-state index in [0.717, 1.165) is 0 Å². The Morgan fingerprint density at radius 3 is 2.36 bits per heavy atom. The summed E-state index contributed by atoms with van der Waals surface area (Å²) in [6.45, 7) is 0. The standard InChI is InChI=1S/C5H7BrF2O3/c6-2-5(7,8)1-3(9)4(10)11/h3,9H,1-2H2,(H,10,11)/t3-/m0/s1. The topological polar surface area (TPSA) is 57.5 Å². The van der Waals surface area contributed by atoms with Gasteiger partial charge in [-0.2, -0.15) is 0 Å². The van der Waals surface area contributed by atoms with Crippen molar-refractivity contribution in [1.29, 1.82) is 0 Å². The molecule has 0 saturated heterocycles. The fourth-order valence-electron chi connectivity index (χ4n) is 0.425. The zero-order chi connectivity index (χ0) is 9.07. The van der Waals surface area contributed by atoms with E-state index in [4.69, 9.17) is 10.2 Å². The van der Waals surface area contributed by atoms with Crippen molar-refractivity contribution in [3.05, 3.63) is 0 Å². The Kier molecular flexibility index (Phi) is 3.88. The summed E-state index contributed by atoms with van der Waals surface area (Å²) in [6, 6.07) is 0. The number of hydrogen-bond acceptors (Lipinski definition) is 2. The second-order valence-corrected chi connectivity index (χ2v) is 2.61. The van der Waals surface area contributed by atoms with Crippen molar-refractivity contribution in [2.24, 2.45) is 0 Å². The zero-order valence-corrected chi connectivity index (χ0v) is 7.01. The molecule has 0 bridgehead atoms. The highest BCUT2D eigenvalue weighted by molar-refractivity contribution is 9.09. The van der Waals surface area contributed by atoms with Crippen LogP contribution in [0.4, 0.5) is 8.78 Å². The number of aliphatic hydroxyl groups excluding tert-OH is 1. The summed E-state index contributed by atoms with van der Waals surface area (Å²) in [4.78, 5) is 9.89. The molecular weight excluding hydrogens is 226 g/mol. The van der Waals surface area contributed by atoms with Gasteiger partial charge in [-0.3, -0.25) is 0 Å². The van der Waals surface area contributed by atoms with Gasteiger partial charge in [0.2, 0.25) is 0 Å². The van der Waals surface area contributed by atoms with Gasteiger partial charge in [0.15, 0.2) is 6.10 Å². The van der Waals surface area contributed by atoms with Crippen molar-refractivity contribution >= 4 is 21.9 Å². The number of aliphatic hydroxyl groups is 1. The Morgan fingerprint density at radius 2 is 2.09 bits per heavy atom. The van der Waals surface area contributed by atoms with Crippen LogP contribution in [0.3, 0.4) is 0 Å². The molecule has 0 saturated carbocycles. The van der Waals surface area contributed by atoms with Crippen LogP contribution >= 0.6 is 15.9 Å². The molecule has 2 N–H and O–H groups in total. The van der Waals surface area contributed by atoms with Gasteiger partial charge < -0.3 is 10.2 Å². The average Bonchev–Trinajstić information content (AvgIpc) is 1.87. The molecule has 0 fully saturated rings. The maximum atomic E-state index is 12.3.